The summed E-state index contributed by atoms with van der Waals surface area (Å²) in [6.07, 6.45) is 6.12. The van der Waals surface area contributed by atoms with Crippen LogP contribution in [0.5, 0.6) is 5.75 Å². The summed E-state index contributed by atoms with van der Waals surface area (Å²) in [4.78, 5) is 13.7. The lowest BCUT2D eigenvalue weighted by Gasteiger charge is -2.30. The second kappa shape index (κ2) is 11.1. The Labute approximate surface area is 151 Å². The van der Waals surface area contributed by atoms with Gasteiger partial charge in [-0.2, -0.15) is 0 Å². The van der Waals surface area contributed by atoms with Gasteiger partial charge < -0.3 is 21.9 Å². The molecule has 5 heteroatoms. The van der Waals surface area contributed by atoms with Gasteiger partial charge in [0.2, 0.25) is 0 Å². The van der Waals surface area contributed by atoms with Crippen molar-refractivity contribution in [1.82, 2.24) is 4.90 Å². The number of carbonyl (C=O) groups is 1. The van der Waals surface area contributed by atoms with Crippen LogP contribution in [0, 0.1) is 0 Å². The van der Waals surface area contributed by atoms with Crippen LogP contribution in [0.15, 0.2) is 36.9 Å². The Bertz CT molecular complexity index is 515. The normalized spacial score (nSPS) is 15.9. The lowest BCUT2D eigenvalue weighted by molar-refractivity contribution is -0.149. The van der Waals surface area contributed by atoms with E-state index in [9.17, 15) is 4.79 Å². The monoisotopic (exact) mass is 352 g/mol. The molecule has 1 aromatic rings. The zero-order valence-corrected chi connectivity index (χ0v) is 15.1. The fourth-order valence-corrected chi connectivity index (χ4v) is 2.94. The fraction of sp³-hybridized carbons (Fsp3) is 0.526. The summed E-state index contributed by atoms with van der Waals surface area (Å²) < 4.78 is 11.4. The Kier molecular flexibility index (Phi) is 9.50. The molecule has 0 bridgehead atoms. The molecule has 0 radical (unpaired) electrons. The molecular formula is C19H27ClNO3-. The number of esters is 1. The largest absolute Gasteiger partial charge is 1.00 e. The minimum atomic E-state index is -0.255. The van der Waals surface area contributed by atoms with Crippen molar-refractivity contribution in [3.05, 3.63) is 42.5 Å². The minimum Gasteiger partial charge on any atom is -1.00 e. The van der Waals surface area contributed by atoms with Crippen LogP contribution < -0.4 is 17.1 Å². The Morgan fingerprint density at radius 3 is 2.67 bits per heavy atom. The molecule has 1 heterocycles. The molecule has 1 fully saturated rings. The first-order chi connectivity index (χ1) is 11.2. The number of likely N-dealkylation sites (tertiary alicyclic amines) is 1. The molecule has 1 aliphatic rings. The van der Waals surface area contributed by atoms with Gasteiger partial charge in [-0.1, -0.05) is 30.7 Å². The standard InChI is InChI=1S/C19H27NO3.ClH/c1-3-9-17-10-5-6-11-19(17)22-15-18(23-16(2)21)14-20-12-7-4-8-13-20;/h3,5-6,10-11,18H,1,4,7-9,12-15H2,2H3;1H/p-1. The zero-order valence-electron chi connectivity index (χ0n) is 14.4. The molecular weight excluding hydrogens is 326 g/mol. The fourth-order valence-electron chi connectivity index (χ4n) is 2.94. The van der Waals surface area contributed by atoms with E-state index in [-0.39, 0.29) is 24.5 Å². The van der Waals surface area contributed by atoms with Gasteiger partial charge in [-0.05, 0) is 44.0 Å². The van der Waals surface area contributed by atoms with Gasteiger partial charge in [0.25, 0.3) is 0 Å². The highest BCUT2D eigenvalue weighted by molar-refractivity contribution is 5.66. The number of carbonyl (C=O) groups excluding carboxylic acids is 1. The molecule has 1 aliphatic heterocycles. The summed E-state index contributed by atoms with van der Waals surface area (Å²) in [7, 11) is 0. The first kappa shape index (κ1) is 20.5. The van der Waals surface area contributed by atoms with Gasteiger partial charge in [0.15, 0.2) is 0 Å². The van der Waals surface area contributed by atoms with Gasteiger partial charge in [-0.25, -0.2) is 0 Å². The van der Waals surface area contributed by atoms with Crippen LogP contribution in [0.1, 0.15) is 31.7 Å². The molecule has 1 atom stereocenters. The zero-order chi connectivity index (χ0) is 16.5. The molecule has 1 saturated heterocycles. The van der Waals surface area contributed by atoms with Crippen molar-refractivity contribution in [2.45, 2.75) is 38.7 Å². The van der Waals surface area contributed by atoms with Gasteiger partial charge in [0.05, 0.1) is 0 Å². The second-order valence-electron chi connectivity index (χ2n) is 6.00. The third-order valence-corrected chi connectivity index (χ3v) is 4.00. The van der Waals surface area contributed by atoms with Crippen molar-refractivity contribution in [3.63, 3.8) is 0 Å². The number of piperidine rings is 1. The van der Waals surface area contributed by atoms with Crippen LogP contribution in [-0.4, -0.2) is 43.2 Å². The molecule has 0 aliphatic carbocycles. The third kappa shape index (κ3) is 6.93. The Balaban J connectivity index is 0.00000288. The number of ether oxygens (including phenoxy) is 2. The maximum Gasteiger partial charge on any atom is 0.303 e. The number of rotatable bonds is 8. The van der Waals surface area contributed by atoms with Crippen LogP contribution in [0.3, 0.4) is 0 Å². The number of para-hydroxylation sites is 1. The van der Waals surface area contributed by atoms with E-state index in [2.05, 4.69) is 11.5 Å². The van der Waals surface area contributed by atoms with E-state index in [1.807, 2.05) is 30.3 Å². The predicted molar refractivity (Wildman–Crippen MR) is 91.7 cm³/mol. The number of nitrogens with zero attached hydrogens (tertiary/aromatic N) is 1. The number of allylic oxidation sites excluding steroid dienone is 1. The quantitative estimate of drug-likeness (QED) is 0.495. The molecule has 0 spiro atoms. The maximum absolute atomic E-state index is 11.4. The van der Waals surface area contributed by atoms with Crippen molar-refractivity contribution in [3.8, 4) is 5.75 Å². The van der Waals surface area contributed by atoms with Gasteiger partial charge in [-0.3, -0.25) is 9.69 Å². The van der Waals surface area contributed by atoms with Crippen molar-refractivity contribution >= 4 is 5.97 Å². The van der Waals surface area contributed by atoms with Gasteiger partial charge >= 0.3 is 5.97 Å². The molecule has 24 heavy (non-hydrogen) atoms. The molecule has 2 rings (SSSR count). The first-order valence-corrected chi connectivity index (χ1v) is 8.40. The average molecular weight is 353 g/mol. The van der Waals surface area contributed by atoms with Gasteiger partial charge in [0.1, 0.15) is 18.5 Å². The van der Waals surface area contributed by atoms with E-state index in [1.54, 1.807) is 0 Å². The Hall–Kier alpha value is -1.52. The van der Waals surface area contributed by atoms with E-state index in [0.717, 1.165) is 37.4 Å². The molecule has 4 nitrogen and oxygen atoms in total. The summed E-state index contributed by atoms with van der Waals surface area (Å²) in [6, 6.07) is 7.92. The predicted octanol–water partition coefficient (Wildman–Crippen LogP) is 0.216. The van der Waals surface area contributed by atoms with E-state index in [1.165, 1.54) is 26.2 Å². The maximum atomic E-state index is 11.4. The molecule has 0 amide bonds. The van der Waals surface area contributed by atoms with E-state index >= 15 is 0 Å². The van der Waals surface area contributed by atoms with E-state index < -0.39 is 0 Å². The Morgan fingerprint density at radius 2 is 2.00 bits per heavy atom. The molecule has 0 N–H and O–H groups in total. The van der Waals surface area contributed by atoms with Crippen LogP contribution >= 0.6 is 0 Å². The third-order valence-electron chi connectivity index (χ3n) is 4.00. The number of hydrogen-bond donors (Lipinski definition) is 0. The topological polar surface area (TPSA) is 38.8 Å². The van der Waals surface area contributed by atoms with Crippen molar-refractivity contribution < 1.29 is 26.7 Å². The van der Waals surface area contributed by atoms with Gasteiger partial charge in [0, 0.05) is 13.5 Å². The lowest BCUT2D eigenvalue weighted by atomic mass is 10.1. The minimum absolute atomic E-state index is 0. The van der Waals surface area contributed by atoms with Crippen LogP contribution in [0.4, 0.5) is 0 Å². The van der Waals surface area contributed by atoms with Crippen LogP contribution in [0.2, 0.25) is 0 Å². The molecule has 1 aromatic carbocycles. The second-order valence-corrected chi connectivity index (χ2v) is 6.00. The summed E-state index contributed by atoms with van der Waals surface area (Å²) in [5.41, 5.74) is 1.10. The van der Waals surface area contributed by atoms with E-state index in [4.69, 9.17) is 9.47 Å². The number of halogens is 1. The average Bonchev–Trinajstić information content (AvgIpc) is 2.54. The van der Waals surface area contributed by atoms with Crippen molar-refractivity contribution in [2.24, 2.45) is 0 Å². The van der Waals surface area contributed by atoms with Crippen molar-refractivity contribution in [1.29, 1.82) is 0 Å². The summed E-state index contributed by atoms with van der Waals surface area (Å²) >= 11 is 0. The summed E-state index contributed by atoms with van der Waals surface area (Å²) in [6.45, 7) is 8.50. The first-order valence-electron chi connectivity index (χ1n) is 8.40. The highest BCUT2D eigenvalue weighted by atomic mass is 35.5. The molecule has 0 aromatic heterocycles. The SMILES string of the molecule is C=CCc1ccccc1OCC(CN1CCCCC1)OC(C)=O.[Cl-]. The highest BCUT2D eigenvalue weighted by Crippen LogP contribution is 2.19. The number of benzene rings is 1. The van der Waals surface area contributed by atoms with Crippen LogP contribution in [0.25, 0.3) is 0 Å². The molecule has 0 saturated carbocycles. The van der Waals surface area contributed by atoms with Gasteiger partial charge in [-0.15, -0.1) is 6.58 Å². The highest BCUT2D eigenvalue weighted by Gasteiger charge is 2.20. The number of hydrogen-bond acceptors (Lipinski definition) is 4. The van der Waals surface area contributed by atoms with Crippen molar-refractivity contribution in [2.75, 3.05) is 26.2 Å². The lowest BCUT2D eigenvalue weighted by Crippen LogP contribution is -3.00. The summed E-state index contributed by atoms with van der Waals surface area (Å²) in [5, 5.41) is 0. The van der Waals surface area contributed by atoms with E-state index in [0.29, 0.717) is 6.61 Å². The smallest absolute Gasteiger partial charge is 0.303 e. The summed E-state index contributed by atoms with van der Waals surface area (Å²) in [5.74, 6) is 0.582. The van der Waals surface area contributed by atoms with Crippen LogP contribution in [-0.2, 0) is 16.0 Å². The molecule has 134 valence electrons. The Morgan fingerprint density at radius 1 is 1.29 bits per heavy atom. The molecule has 1 unspecified atom stereocenters.